The Kier molecular flexibility index (Phi) is 4.92. The minimum Gasteiger partial charge on any atom is -0.308 e. The summed E-state index contributed by atoms with van der Waals surface area (Å²) in [6.45, 7) is 3.50. The lowest BCUT2D eigenvalue weighted by Gasteiger charge is -2.07. The first-order valence-electron chi connectivity index (χ1n) is 5.90. The van der Waals surface area contributed by atoms with Gasteiger partial charge in [0.2, 0.25) is 0 Å². The van der Waals surface area contributed by atoms with E-state index in [0.29, 0.717) is 12.1 Å². The Morgan fingerprint density at radius 1 is 1.22 bits per heavy atom. The summed E-state index contributed by atoms with van der Waals surface area (Å²) in [5, 5.41) is 5.40. The number of thiophene rings is 1. The lowest BCUT2D eigenvalue weighted by atomic mass is 10.2. The Morgan fingerprint density at radius 2 is 2.06 bits per heavy atom. The van der Waals surface area contributed by atoms with Gasteiger partial charge in [0.1, 0.15) is 5.82 Å². The molecule has 96 valence electrons. The van der Waals surface area contributed by atoms with Crippen molar-refractivity contribution in [3.8, 4) is 0 Å². The molecule has 2 rings (SSSR count). The molecule has 1 heterocycles. The van der Waals surface area contributed by atoms with Crippen LogP contribution in [0.3, 0.4) is 0 Å². The van der Waals surface area contributed by atoms with Crippen LogP contribution in [0.25, 0.3) is 0 Å². The van der Waals surface area contributed by atoms with Gasteiger partial charge >= 0.3 is 0 Å². The molecular formula is C14H15BrFNS. The minimum absolute atomic E-state index is 0.160. The zero-order chi connectivity index (χ0) is 13.0. The van der Waals surface area contributed by atoms with Crippen LogP contribution in [-0.4, -0.2) is 0 Å². The maximum Gasteiger partial charge on any atom is 0.127 e. The Labute approximate surface area is 119 Å². The van der Waals surface area contributed by atoms with Crippen LogP contribution in [0.2, 0.25) is 0 Å². The first kappa shape index (κ1) is 13.7. The fraction of sp³-hybridized carbons (Fsp3) is 0.286. The molecule has 0 bridgehead atoms. The van der Waals surface area contributed by atoms with E-state index in [1.54, 1.807) is 17.4 Å². The van der Waals surface area contributed by atoms with Gasteiger partial charge in [0, 0.05) is 28.0 Å². The molecule has 0 saturated heterocycles. The summed E-state index contributed by atoms with van der Waals surface area (Å²) in [5.41, 5.74) is 2.07. The number of hydrogen-bond acceptors (Lipinski definition) is 2. The van der Waals surface area contributed by atoms with E-state index in [9.17, 15) is 4.39 Å². The lowest BCUT2D eigenvalue weighted by Crippen LogP contribution is -2.13. The average Bonchev–Trinajstić information content (AvgIpc) is 2.81. The van der Waals surface area contributed by atoms with Crippen molar-refractivity contribution < 1.29 is 4.39 Å². The van der Waals surface area contributed by atoms with Crippen LogP contribution >= 0.6 is 27.3 Å². The van der Waals surface area contributed by atoms with Crippen LogP contribution < -0.4 is 5.32 Å². The van der Waals surface area contributed by atoms with Crippen LogP contribution in [0.5, 0.6) is 0 Å². The molecule has 0 aliphatic heterocycles. The summed E-state index contributed by atoms with van der Waals surface area (Å²) in [7, 11) is 0. The average molecular weight is 328 g/mol. The Hall–Kier alpha value is -0.710. The molecule has 18 heavy (non-hydrogen) atoms. The number of nitrogens with one attached hydrogen (secondary N) is 1. The van der Waals surface area contributed by atoms with E-state index >= 15 is 0 Å². The van der Waals surface area contributed by atoms with Gasteiger partial charge in [0.15, 0.2) is 0 Å². The SMILES string of the molecule is CCc1ccsc1CNCc1cc(Br)ccc1F. The second kappa shape index (κ2) is 6.45. The van der Waals surface area contributed by atoms with E-state index in [0.717, 1.165) is 17.4 Å². The topological polar surface area (TPSA) is 12.0 Å². The molecule has 0 amide bonds. The fourth-order valence-electron chi connectivity index (χ4n) is 1.83. The Morgan fingerprint density at radius 3 is 2.83 bits per heavy atom. The molecule has 0 radical (unpaired) electrons. The van der Waals surface area contributed by atoms with E-state index in [1.165, 1.54) is 16.5 Å². The predicted molar refractivity (Wildman–Crippen MR) is 78.3 cm³/mol. The predicted octanol–water partition coefficient (Wildman–Crippen LogP) is 4.50. The van der Waals surface area contributed by atoms with Gasteiger partial charge in [-0.15, -0.1) is 11.3 Å². The van der Waals surface area contributed by atoms with Crippen LogP contribution in [0.4, 0.5) is 4.39 Å². The molecule has 1 aromatic carbocycles. The fourth-order valence-corrected chi connectivity index (χ4v) is 3.18. The van der Waals surface area contributed by atoms with Crippen LogP contribution in [0.15, 0.2) is 34.1 Å². The summed E-state index contributed by atoms with van der Waals surface area (Å²) in [5.74, 6) is -0.160. The lowest BCUT2D eigenvalue weighted by molar-refractivity contribution is 0.588. The zero-order valence-electron chi connectivity index (χ0n) is 10.2. The molecule has 4 heteroatoms. The minimum atomic E-state index is -0.160. The molecule has 0 fully saturated rings. The van der Waals surface area contributed by atoms with Crippen LogP contribution in [0.1, 0.15) is 22.9 Å². The van der Waals surface area contributed by atoms with E-state index < -0.39 is 0 Å². The molecule has 1 nitrogen and oxygen atoms in total. The van der Waals surface area contributed by atoms with Crippen molar-refractivity contribution in [3.05, 3.63) is 55.9 Å². The van der Waals surface area contributed by atoms with Crippen molar-refractivity contribution in [1.82, 2.24) is 5.32 Å². The van der Waals surface area contributed by atoms with Gasteiger partial charge in [-0.05, 0) is 41.6 Å². The molecule has 0 unspecified atom stereocenters. The normalized spacial score (nSPS) is 10.8. The quantitative estimate of drug-likeness (QED) is 0.852. The standard InChI is InChI=1S/C14H15BrFNS/c1-2-10-5-6-18-14(10)9-17-8-11-7-12(15)3-4-13(11)16/h3-7,17H,2,8-9H2,1H3. The van der Waals surface area contributed by atoms with Gasteiger partial charge in [0.05, 0.1) is 0 Å². The Balaban J connectivity index is 1.94. The third-order valence-electron chi connectivity index (χ3n) is 2.83. The highest BCUT2D eigenvalue weighted by atomic mass is 79.9. The second-order valence-electron chi connectivity index (χ2n) is 4.06. The largest absolute Gasteiger partial charge is 0.308 e. The smallest absolute Gasteiger partial charge is 0.127 e. The highest BCUT2D eigenvalue weighted by Gasteiger charge is 2.04. The van der Waals surface area contributed by atoms with Crippen molar-refractivity contribution in [3.63, 3.8) is 0 Å². The van der Waals surface area contributed by atoms with Crippen LogP contribution in [-0.2, 0) is 19.5 Å². The number of hydrogen-bond donors (Lipinski definition) is 1. The second-order valence-corrected chi connectivity index (χ2v) is 5.98. The van der Waals surface area contributed by atoms with E-state index in [1.807, 2.05) is 6.07 Å². The van der Waals surface area contributed by atoms with E-state index in [-0.39, 0.29) is 5.82 Å². The molecule has 2 aromatic rings. The molecule has 0 spiro atoms. The van der Waals surface area contributed by atoms with Crippen molar-refractivity contribution in [1.29, 1.82) is 0 Å². The van der Waals surface area contributed by atoms with Crippen molar-refractivity contribution >= 4 is 27.3 Å². The summed E-state index contributed by atoms with van der Waals surface area (Å²) < 4.78 is 14.4. The first-order valence-corrected chi connectivity index (χ1v) is 7.58. The monoisotopic (exact) mass is 327 g/mol. The van der Waals surface area contributed by atoms with E-state index in [4.69, 9.17) is 0 Å². The van der Waals surface area contributed by atoms with Gasteiger partial charge in [-0.1, -0.05) is 22.9 Å². The molecular weight excluding hydrogens is 313 g/mol. The van der Waals surface area contributed by atoms with Gasteiger partial charge < -0.3 is 5.32 Å². The number of rotatable bonds is 5. The first-order chi connectivity index (χ1) is 8.70. The zero-order valence-corrected chi connectivity index (χ0v) is 12.6. The van der Waals surface area contributed by atoms with Crippen molar-refractivity contribution in [2.24, 2.45) is 0 Å². The molecule has 0 aliphatic rings. The Bertz CT molecular complexity index is 524. The van der Waals surface area contributed by atoms with Gasteiger partial charge in [-0.25, -0.2) is 4.39 Å². The van der Waals surface area contributed by atoms with Crippen molar-refractivity contribution in [2.75, 3.05) is 0 Å². The van der Waals surface area contributed by atoms with Crippen molar-refractivity contribution in [2.45, 2.75) is 26.4 Å². The highest BCUT2D eigenvalue weighted by molar-refractivity contribution is 9.10. The molecule has 0 atom stereocenters. The molecule has 0 aliphatic carbocycles. The van der Waals surface area contributed by atoms with Gasteiger partial charge in [-0.2, -0.15) is 0 Å². The third-order valence-corrected chi connectivity index (χ3v) is 4.28. The maximum absolute atomic E-state index is 13.5. The third kappa shape index (κ3) is 3.40. The summed E-state index contributed by atoms with van der Waals surface area (Å²) >= 11 is 5.11. The van der Waals surface area contributed by atoms with Crippen LogP contribution in [0, 0.1) is 5.82 Å². The summed E-state index contributed by atoms with van der Waals surface area (Å²) in [6, 6.07) is 7.18. The van der Waals surface area contributed by atoms with Gasteiger partial charge in [0.25, 0.3) is 0 Å². The number of benzene rings is 1. The molecule has 1 aromatic heterocycles. The van der Waals surface area contributed by atoms with E-state index in [2.05, 4.69) is 39.6 Å². The molecule has 1 N–H and O–H groups in total. The number of halogens is 2. The summed E-state index contributed by atoms with van der Waals surface area (Å²) in [4.78, 5) is 1.34. The highest BCUT2D eigenvalue weighted by Crippen LogP contribution is 2.18. The maximum atomic E-state index is 13.5. The van der Waals surface area contributed by atoms with Gasteiger partial charge in [-0.3, -0.25) is 0 Å². The number of aryl methyl sites for hydroxylation is 1. The molecule has 0 saturated carbocycles. The summed E-state index contributed by atoms with van der Waals surface area (Å²) in [6.07, 6.45) is 1.05.